The highest BCUT2D eigenvalue weighted by Crippen LogP contribution is 2.21. The Hall–Kier alpha value is -2.01. The van der Waals surface area contributed by atoms with Gasteiger partial charge in [-0.2, -0.15) is 0 Å². The number of nitrogens with two attached hydrogens (primary N) is 1. The van der Waals surface area contributed by atoms with Gasteiger partial charge < -0.3 is 15.2 Å². The molecule has 0 radical (unpaired) electrons. The lowest BCUT2D eigenvalue weighted by molar-refractivity contribution is -0.151. The average molecular weight is 298 g/mol. The molecule has 1 aromatic rings. The van der Waals surface area contributed by atoms with Gasteiger partial charge in [-0.25, -0.2) is 9.59 Å². The predicted octanol–water partition coefficient (Wildman–Crippen LogP) is 2.59. The van der Waals surface area contributed by atoms with E-state index in [-0.39, 0.29) is 17.2 Å². The first-order valence-corrected chi connectivity index (χ1v) is 6.32. The monoisotopic (exact) mass is 297 g/mol. The number of nitrogen functional groups attached to an aromatic ring is 1. The number of hydrogen-bond donors (Lipinski definition) is 1. The molecular weight excluding hydrogens is 282 g/mol. The normalized spacial score (nSPS) is 11.6. The lowest BCUT2D eigenvalue weighted by atomic mass is 10.1. The number of carbonyl (C=O) groups excluding carboxylic acids is 2. The van der Waals surface area contributed by atoms with Crippen molar-refractivity contribution in [3.8, 4) is 0 Å². The summed E-state index contributed by atoms with van der Waals surface area (Å²) in [5.74, 6) is -1.43. The van der Waals surface area contributed by atoms with Gasteiger partial charge in [-0.15, -0.1) is 0 Å². The summed E-state index contributed by atoms with van der Waals surface area (Å²) in [7, 11) is 0. The standard InChI is InChI=1S/C14H16ClNO4/c1-4-19-14(18)12(8(2)3)20-13(17)10-7-9(16)5-6-11(10)15/h5-7,12H,2,4,16H2,1,3H3. The molecule has 0 aliphatic rings. The summed E-state index contributed by atoms with van der Waals surface area (Å²) in [5.41, 5.74) is 6.40. The van der Waals surface area contributed by atoms with Gasteiger partial charge in [0.05, 0.1) is 17.2 Å². The lowest BCUT2D eigenvalue weighted by Gasteiger charge is -2.16. The summed E-state index contributed by atoms with van der Waals surface area (Å²) in [6.45, 7) is 7.01. The first kappa shape index (κ1) is 16.0. The van der Waals surface area contributed by atoms with Crippen LogP contribution in [0, 0.1) is 0 Å². The van der Waals surface area contributed by atoms with Gasteiger partial charge in [-0.05, 0) is 37.6 Å². The van der Waals surface area contributed by atoms with Crippen LogP contribution in [-0.4, -0.2) is 24.6 Å². The van der Waals surface area contributed by atoms with E-state index in [1.807, 2.05) is 0 Å². The Morgan fingerprint density at radius 2 is 2.10 bits per heavy atom. The highest BCUT2D eigenvalue weighted by atomic mass is 35.5. The van der Waals surface area contributed by atoms with Gasteiger partial charge in [-0.3, -0.25) is 0 Å². The van der Waals surface area contributed by atoms with E-state index < -0.39 is 18.0 Å². The van der Waals surface area contributed by atoms with Crippen molar-refractivity contribution < 1.29 is 19.1 Å². The molecule has 2 N–H and O–H groups in total. The molecule has 0 aliphatic heterocycles. The number of hydrogen-bond acceptors (Lipinski definition) is 5. The molecule has 0 heterocycles. The Kier molecular flexibility index (Phi) is 5.58. The summed E-state index contributed by atoms with van der Waals surface area (Å²) in [4.78, 5) is 23.7. The van der Waals surface area contributed by atoms with Crippen LogP contribution in [0.15, 0.2) is 30.4 Å². The van der Waals surface area contributed by atoms with Crippen LogP contribution in [0.3, 0.4) is 0 Å². The zero-order chi connectivity index (χ0) is 15.3. The number of benzene rings is 1. The van der Waals surface area contributed by atoms with Crippen molar-refractivity contribution in [2.45, 2.75) is 20.0 Å². The molecule has 20 heavy (non-hydrogen) atoms. The summed E-state index contributed by atoms with van der Waals surface area (Å²) in [5, 5.41) is 0.188. The van der Waals surface area contributed by atoms with Crippen LogP contribution in [0.2, 0.25) is 5.02 Å². The largest absolute Gasteiger partial charge is 0.463 e. The average Bonchev–Trinajstić information content (AvgIpc) is 2.38. The maximum Gasteiger partial charge on any atom is 0.351 e. The highest BCUT2D eigenvalue weighted by molar-refractivity contribution is 6.33. The van der Waals surface area contributed by atoms with E-state index in [0.29, 0.717) is 11.3 Å². The van der Waals surface area contributed by atoms with Gasteiger partial charge in [0, 0.05) is 5.69 Å². The molecule has 0 amide bonds. The van der Waals surface area contributed by atoms with Crippen molar-refractivity contribution in [2.75, 3.05) is 12.3 Å². The third-order valence-electron chi connectivity index (χ3n) is 2.38. The fraction of sp³-hybridized carbons (Fsp3) is 0.286. The molecule has 1 unspecified atom stereocenters. The minimum absolute atomic E-state index is 0.0854. The van der Waals surface area contributed by atoms with Crippen LogP contribution in [0.5, 0.6) is 0 Å². The van der Waals surface area contributed by atoms with Crippen molar-refractivity contribution in [1.82, 2.24) is 0 Å². The van der Waals surface area contributed by atoms with Gasteiger partial charge in [-0.1, -0.05) is 18.2 Å². The Balaban J connectivity index is 2.94. The Bertz CT molecular complexity index is 542. The molecule has 1 atom stereocenters. The van der Waals surface area contributed by atoms with Crippen LogP contribution >= 0.6 is 11.6 Å². The Morgan fingerprint density at radius 3 is 2.65 bits per heavy atom. The molecule has 0 aromatic heterocycles. The molecule has 108 valence electrons. The molecule has 5 nitrogen and oxygen atoms in total. The highest BCUT2D eigenvalue weighted by Gasteiger charge is 2.26. The summed E-state index contributed by atoms with van der Waals surface area (Å²) < 4.78 is 9.92. The Morgan fingerprint density at radius 1 is 1.45 bits per heavy atom. The van der Waals surface area contributed by atoms with E-state index in [4.69, 9.17) is 26.8 Å². The van der Waals surface area contributed by atoms with Crippen LogP contribution in [0.25, 0.3) is 0 Å². The molecule has 1 aromatic carbocycles. The zero-order valence-electron chi connectivity index (χ0n) is 11.3. The number of rotatable bonds is 5. The third-order valence-corrected chi connectivity index (χ3v) is 2.71. The van der Waals surface area contributed by atoms with Gasteiger partial charge in [0.15, 0.2) is 0 Å². The van der Waals surface area contributed by atoms with E-state index in [9.17, 15) is 9.59 Å². The number of carbonyl (C=O) groups is 2. The van der Waals surface area contributed by atoms with Crippen molar-refractivity contribution in [1.29, 1.82) is 0 Å². The second kappa shape index (κ2) is 6.96. The first-order valence-electron chi connectivity index (χ1n) is 5.94. The summed E-state index contributed by atoms with van der Waals surface area (Å²) in [6.07, 6.45) is -1.17. The minimum atomic E-state index is -1.17. The van der Waals surface area contributed by atoms with Gasteiger partial charge >= 0.3 is 11.9 Å². The molecule has 1 rings (SSSR count). The van der Waals surface area contributed by atoms with E-state index in [2.05, 4.69) is 6.58 Å². The molecule has 0 spiro atoms. The van der Waals surface area contributed by atoms with Crippen molar-refractivity contribution >= 4 is 29.2 Å². The number of anilines is 1. The van der Waals surface area contributed by atoms with Crippen molar-refractivity contribution in [3.05, 3.63) is 40.9 Å². The second-order valence-corrected chi connectivity index (χ2v) is 4.53. The van der Waals surface area contributed by atoms with Gasteiger partial charge in [0.2, 0.25) is 6.10 Å². The quantitative estimate of drug-likeness (QED) is 0.513. The van der Waals surface area contributed by atoms with Gasteiger partial charge in [0.1, 0.15) is 0 Å². The Labute approximate surface area is 122 Å². The van der Waals surface area contributed by atoms with E-state index in [1.54, 1.807) is 19.9 Å². The maximum absolute atomic E-state index is 12.0. The lowest BCUT2D eigenvalue weighted by Crippen LogP contribution is -2.30. The first-order chi connectivity index (χ1) is 9.36. The zero-order valence-corrected chi connectivity index (χ0v) is 12.1. The number of ether oxygens (including phenoxy) is 2. The van der Waals surface area contributed by atoms with Crippen LogP contribution in [-0.2, 0) is 14.3 Å². The summed E-state index contributed by atoms with van der Waals surface area (Å²) in [6, 6.07) is 4.42. The van der Waals surface area contributed by atoms with E-state index in [1.165, 1.54) is 12.1 Å². The molecular formula is C14H16ClNO4. The fourth-order valence-electron chi connectivity index (χ4n) is 1.44. The molecule has 0 bridgehead atoms. The molecule has 0 aliphatic carbocycles. The van der Waals surface area contributed by atoms with Crippen LogP contribution in [0.1, 0.15) is 24.2 Å². The molecule has 0 saturated heterocycles. The topological polar surface area (TPSA) is 78.6 Å². The van der Waals surface area contributed by atoms with Crippen LogP contribution < -0.4 is 5.73 Å². The van der Waals surface area contributed by atoms with E-state index in [0.717, 1.165) is 0 Å². The van der Waals surface area contributed by atoms with E-state index >= 15 is 0 Å². The molecule has 0 saturated carbocycles. The third kappa shape index (κ3) is 3.99. The maximum atomic E-state index is 12.0. The van der Waals surface area contributed by atoms with Crippen molar-refractivity contribution in [2.24, 2.45) is 0 Å². The molecule has 0 fully saturated rings. The minimum Gasteiger partial charge on any atom is -0.463 e. The SMILES string of the molecule is C=C(C)C(OC(=O)c1cc(N)ccc1Cl)C(=O)OCC. The summed E-state index contributed by atoms with van der Waals surface area (Å²) >= 11 is 5.90. The smallest absolute Gasteiger partial charge is 0.351 e. The van der Waals surface area contributed by atoms with Crippen LogP contribution in [0.4, 0.5) is 5.69 Å². The predicted molar refractivity (Wildman–Crippen MR) is 76.5 cm³/mol. The second-order valence-electron chi connectivity index (χ2n) is 4.12. The number of halogens is 1. The number of esters is 2. The molecule has 6 heteroatoms. The van der Waals surface area contributed by atoms with Crippen molar-refractivity contribution in [3.63, 3.8) is 0 Å². The fourth-order valence-corrected chi connectivity index (χ4v) is 1.63. The van der Waals surface area contributed by atoms with Gasteiger partial charge in [0.25, 0.3) is 0 Å².